The van der Waals surface area contributed by atoms with Crippen LogP contribution in [0.3, 0.4) is 0 Å². The molecule has 0 rings (SSSR count). The van der Waals surface area contributed by atoms with Crippen molar-refractivity contribution in [3.8, 4) is 0 Å². The molecule has 0 spiro atoms. The third-order valence-electron chi connectivity index (χ3n) is 1.31. The van der Waals surface area contributed by atoms with E-state index in [-0.39, 0.29) is 0 Å². The maximum atomic E-state index is 10.8. The third-order valence-corrected chi connectivity index (χ3v) is 1.86. The lowest BCUT2D eigenvalue weighted by atomic mass is 10.2. The number of aliphatic carboxylic acids is 1. The Balaban J connectivity index is 4.34. The van der Waals surface area contributed by atoms with Crippen molar-refractivity contribution in [1.82, 2.24) is 5.32 Å². The lowest BCUT2D eigenvalue weighted by Crippen LogP contribution is -2.44. The van der Waals surface area contributed by atoms with Crippen LogP contribution in [0, 0.1) is 0 Å². The molecule has 0 heterocycles. The summed E-state index contributed by atoms with van der Waals surface area (Å²) in [6.45, 7) is 0. The Kier molecular flexibility index (Phi) is 5.31. The molecule has 0 radical (unpaired) electrons. The Labute approximate surface area is 86.4 Å². The van der Waals surface area contributed by atoms with Gasteiger partial charge in [0, 0.05) is 0 Å². The van der Waals surface area contributed by atoms with E-state index in [4.69, 9.17) is 10.8 Å². The van der Waals surface area contributed by atoms with E-state index in [2.05, 4.69) is 0 Å². The van der Waals surface area contributed by atoms with E-state index in [1.54, 1.807) is 0 Å². The van der Waals surface area contributed by atoms with Crippen LogP contribution >= 0.6 is 0 Å². The largest absolute Gasteiger partial charge is 0.480 e. The van der Waals surface area contributed by atoms with Crippen molar-refractivity contribution in [2.45, 2.75) is 12.5 Å². The van der Waals surface area contributed by atoms with Crippen LogP contribution < -0.4 is 11.1 Å². The first-order chi connectivity index (χ1) is 6.82. The lowest BCUT2D eigenvalue weighted by Gasteiger charge is -2.11. The van der Waals surface area contributed by atoms with Gasteiger partial charge < -0.3 is 16.2 Å². The molecule has 4 N–H and O–H groups in total. The van der Waals surface area contributed by atoms with E-state index < -0.39 is 46.7 Å². The van der Waals surface area contributed by atoms with Crippen molar-refractivity contribution in [2.75, 3.05) is 5.75 Å². The van der Waals surface area contributed by atoms with Crippen molar-refractivity contribution in [2.24, 2.45) is 5.73 Å². The molecule has 0 saturated heterocycles. The van der Waals surface area contributed by atoms with Crippen LogP contribution in [0.25, 0.3) is 0 Å². The molecule has 0 bridgehead atoms. The second-order valence-corrected chi connectivity index (χ2v) is 3.60. The molecular formula is C6H10N2O6S. The number of carboxylic acids is 1. The smallest absolute Gasteiger partial charge is 0.326 e. The van der Waals surface area contributed by atoms with Crippen LogP contribution in [-0.2, 0) is 25.1 Å². The highest BCUT2D eigenvalue weighted by Gasteiger charge is 2.22. The normalized spacial score (nSPS) is 12.1. The van der Waals surface area contributed by atoms with Gasteiger partial charge in [-0.2, -0.15) is 0 Å². The molecule has 8 nitrogen and oxygen atoms in total. The highest BCUT2D eigenvalue weighted by molar-refractivity contribution is 7.73. The zero-order valence-electron chi connectivity index (χ0n) is 7.50. The number of rotatable bonds is 6. The number of amides is 2. The molecule has 0 aliphatic rings. The molecule has 0 aliphatic heterocycles. The van der Waals surface area contributed by atoms with Crippen molar-refractivity contribution in [3.63, 3.8) is 0 Å². The van der Waals surface area contributed by atoms with Gasteiger partial charge in [-0.15, -0.1) is 0 Å². The summed E-state index contributed by atoms with van der Waals surface area (Å²) in [4.78, 5) is 31.7. The summed E-state index contributed by atoms with van der Waals surface area (Å²) < 4.78 is 20.2. The summed E-state index contributed by atoms with van der Waals surface area (Å²) in [5.74, 6) is -4.17. The molecule has 0 aromatic heterocycles. The molecular weight excluding hydrogens is 228 g/mol. The second-order valence-electron chi connectivity index (χ2n) is 2.62. The molecule has 0 fully saturated rings. The Morgan fingerprint density at radius 3 is 2.20 bits per heavy atom. The van der Waals surface area contributed by atoms with E-state index in [1.165, 1.54) is 0 Å². The fraction of sp³-hybridized carbons (Fsp3) is 0.500. The fourth-order valence-electron chi connectivity index (χ4n) is 0.758. The minimum atomic E-state index is -2.93. The highest BCUT2D eigenvalue weighted by Crippen LogP contribution is 1.91. The fourth-order valence-corrected chi connectivity index (χ4v) is 1.08. The Bertz CT molecular complexity index is 342. The first-order valence-electron chi connectivity index (χ1n) is 3.75. The minimum Gasteiger partial charge on any atom is -0.480 e. The van der Waals surface area contributed by atoms with Crippen LogP contribution in [0.2, 0.25) is 0 Å². The number of carbonyl (C=O) groups excluding carboxylic acids is 2. The van der Waals surface area contributed by atoms with Crippen molar-refractivity contribution >= 4 is 28.5 Å². The first-order valence-corrected chi connectivity index (χ1v) is 5.11. The molecule has 0 aromatic carbocycles. The number of thiol groups is 1. The SMILES string of the molecule is NC(=O)C[C@H](NC(=O)C[SH](=O)=O)C(=O)O. The number of nitrogens with two attached hydrogens (primary N) is 1. The molecule has 2 amide bonds. The van der Waals surface area contributed by atoms with Gasteiger partial charge >= 0.3 is 5.97 Å². The summed E-state index contributed by atoms with van der Waals surface area (Å²) >= 11 is 0. The average molecular weight is 238 g/mol. The van der Waals surface area contributed by atoms with Gasteiger partial charge in [-0.25, -0.2) is 13.2 Å². The van der Waals surface area contributed by atoms with E-state index >= 15 is 0 Å². The summed E-state index contributed by atoms with van der Waals surface area (Å²) in [6, 6.07) is -1.50. The maximum Gasteiger partial charge on any atom is 0.326 e. The number of carbonyl (C=O) groups is 3. The van der Waals surface area contributed by atoms with Crippen LogP contribution in [0.15, 0.2) is 0 Å². The van der Waals surface area contributed by atoms with Gasteiger partial charge in [0.05, 0.1) is 6.42 Å². The summed E-state index contributed by atoms with van der Waals surface area (Å²) in [7, 11) is -2.93. The Hall–Kier alpha value is -1.64. The standard InChI is InChI=1S/C6H10N2O6S/c7-4(9)1-3(6(11)12)8-5(10)2-15(13)14/h3,15H,1-2H2,(H2,7,9)(H,8,10)(H,11,12)/t3-/m0/s1. The van der Waals surface area contributed by atoms with Gasteiger partial charge in [-0.05, 0) is 0 Å². The van der Waals surface area contributed by atoms with E-state index in [1.807, 2.05) is 5.32 Å². The first kappa shape index (κ1) is 13.4. The average Bonchev–Trinajstić information content (AvgIpc) is 1.99. The molecule has 0 unspecified atom stereocenters. The molecule has 15 heavy (non-hydrogen) atoms. The zero-order chi connectivity index (χ0) is 12.0. The maximum absolute atomic E-state index is 10.8. The molecule has 1 atom stereocenters. The number of nitrogens with one attached hydrogen (secondary N) is 1. The molecule has 86 valence electrons. The van der Waals surface area contributed by atoms with E-state index in [0.717, 1.165) is 0 Å². The van der Waals surface area contributed by atoms with E-state index in [0.29, 0.717) is 0 Å². The summed E-state index contributed by atoms with van der Waals surface area (Å²) in [5.41, 5.74) is 4.74. The van der Waals surface area contributed by atoms with Crippen molar-refractivity contribution in [3.05, 3.63) is 0 Å². The molecule has 0 aliphatic carbocycles. The third kappa shape index (κ3) is 6.43. The van der Waals surface area contributed by atoms with Gasteiger partial charge in [-0.1, -0.05) is 0 Å². The predicted octanol–water partition coefficient (Wildman–Crippen LogP) is -2.96. The topological polar surface area (TPSA) is 144 Å². The second kappa shape index (κ2) is 5.96. The molecule has 0 aromatic rings. The van der Waals surface area contributed by atoms with Gasteiger partial charge in [0.1, 0.15) is 22.5 Å². The monoisotopic (exact) mass is 238 g/mol. The van der Waals surface area contributed by atoms with Crippen LogP contribution in [0.1, 0.15) is 6.42 Å². The number of carboxylic acid groups (broad SMARTS) is 1. The predicted molar refractivity (Wildman–Crippen MR) is 48.6 cm³/mol. The highest BCUT2D eigenvalue weighted by atomic mass is 32.2. The van der Waals surface area contributed by atoms with Crippen molar-refractivity contribution < 1.29 is 27.9 Å². The molecule has 0 saturated carbocycles. The van der Waals surface area contributed by atoms with Gasteiger partial charge in [-0.3, -0.25) is 9.59 Å². The van der Waals surface area contributed by atoms with Gasteiger partial charge in [0.15, 0.2) is 0 Å². The summed E-state index contributed by atoms with van der Waals surface area (Å²) in [5, 5.41) is 10.4. The number of hydrogen-bond donors (Lipinski definition) is 4. The van der Waals surface area contributed by atoms with Gasteiger partial charge in [0.25, 0.3) is 0 Å². The Morgan fingerprint density at radius 2 is 1.87 bits per heavy atom. The van der Waals surface area contributed by atoms with Crippen molar-refractivity contribution in [1.29, 1.82) is 0 Å². The zero-order valence-corrected chi connectivity index (χ0v) is 8.40. The Morgan fingerprint density at radius 1 is 1.33 bits per heavy atom. The number of hydrogen-bond acceptors (Lipinski definition) is 5. The van der Waals surface area contributed by atoms with E-state index in [9.17, 15) is 22.8 Å². The van der Waals surface area contributed by atoms with Crippen LogP contribution in [-0.4, -0.2) is 43.1 Å². The summed E-state index contributed by atoms with van der Waals surface area (Å²) in [6.07, 6.45) is -0.587. The number of primary amides is 1. The quantitative estimate of drug-likeness (QED) is 0.364. The van der Waals surface area contributed by atoms with Crippen LogP contribution in [0.4, 0.5) is 0 Å². The minimum absolute atomic E-state index is 0.587. The van der Waals surface area contributed by atoms with Crippen LogP contribution in [0.5, 0.6) is 0 Å². The lowest BCUT2D eigenvalue weighted by molar-refractivity contribution is -0.143. The van der Waals surface area contributed by atoms with Gasteiger partial charge in [0.2, 0.25) is 11.8 Å². The molecule has 9 heteroatoms.